The van der Waals surface area contributed by atoms with Crippen molar-refractivity contribution < 1.29 is 4.74 Å². The van der Waals surface area contributed by atoms with Crippen molar-refractivity contribution in [2.75, 3.05) is 11.9 Å². The molecule has 0 atom stereocenters. The molecule has 0 unspecified atom stereocenters. The highest BCUT2D eigenvalue weighted by Gasteiger charge is 2.06. The van der Waals surface area contributed by atoms with Crippen molar-refractivity contribution in [2.24, 2.45) is 0 Å². The van der Waals surface area contributed by atoms with Gasteiger partial charge in [-0.25, -0.2) is 4.98 Å². The van der Waals surface area contributed by atoms with E-state index in [2.05, 4.69) is 50.1 Å². The van der Waals surface area contributed by atoms with Crippen molar-refractivity contribution in [3.05, 3.63) is 52.7 Å². The standard InChI is InChI=1S/C17H22N2O/c1-5-18-16-10-15(6-7-19-16)11-20-17-13(3)8-12(2)9-14(17)4/h6-10H,5,11H2,1-4H3,(H,18,19). The number of ether oxygens (including phenoxy) is 1. The predicted octanol–water partition coefficient (Wildman–Crippen LogP) is 4.02. The first-order valence-electron chi connectivity index (χ1n) is 6.99. The number of nitrogens with one attached hydrogen (secondary N) is 1. The molecule has 0 saturated carbocycles. The Morgan fingerprint density at radius 3 is 2.45 bits per heavy atom. The van der Waals surface area contributed by atoms with Gasteiger partial charge in [0.2, 0.25) is 0 Å². The Labute approximate surface area is 121 Å². The van der Waals surface area contributed by atoms with Crippen LogP contribution in [0.25, 0.3) is 0 Å². The first-order chi connectivity index (χ1) is 9.60. The maximum atomic E-state index is 5.99. The van der Waals surface area contributed by atoms with E-state index in [-0.39, 0.29) is 0 Å². The topological polar surface area (TPSA) is 34.1 Å². The molecule has 0 aliphatic rings. The van der Waals surface area contributed by atoms with Crippen molar-refractivity contribution in [3.8, 4) is 5.75 Å². The number of aromatic nitrogens is 1. The van der Waals surface area contributed by atoms with Crippen LogP contribution < -0.4 is 10.1 Å². The van der Waals surface area contributed by atoms with Gasteiger partial charge in [-0.2, -0.15) is 0 Å². The molecule has 2 aromatic rings. The summed E-state index contributed by atoms with van der Waals surface area (Å²) in [7, 11) is 0. The molecule has 0 aliphatic carbocycles. The summed E-state index contributed by atoms with van der Waals surface area (Å²) in [5.74, 6) is 1.88. The number of anilines is 1. The molecule has 20 heavy (non-hydrogen) atoms. The summed E-state index contributed by atoms with van der Waals surface area (Å²) in [5.41, 5.74) is 4.76. The lowest BCUT2D eigenvalue weighted by Crippen LogP contribution is -2.03. The largest absolute Gasteiger partial charge is 0.488 e. The van der Waals surface area contributed by atoms with Gasteiger partial charge in [-0.3, -0.25) is 0 Å². The number of hydrogen-bond donors (Lipinski definition) is 1. The zero-order valence-electron chi connectivity index (χ0n) is 12.7. The second-order valence-electron chi connectivity index (χ2n) is 5.10. The molecule has 0 bridgehead atoms. The van der Waals surface area contributed by atoms with Gasteiger partial charge in [-0.05, 0) is 56.5 Å². The van der Waals surface area contributed by atoms with Gasteiger partial charge >= 0.3 is 0 Å². The van der Waals surface area contributed by atoms with Crippen LogP contribution >= 0.6 is 0 Å². The van der Waals surface area contributed by atoms with Crippen molar-refractivity contribution >= 4 is 5.82 Å². The number of benzene rings is 1. The molecule has 0 spiro atoms. The van der Waals surface area contributed by atoms with Crippen LogP contribution in [-0.2, 0) is 6.61 Å². The van der Waals surface area contributed by atoms with Crippen molar-refractivity contribution in [2.45, 2.75) is 34.3 Å². The third-order valence-corrected chi connectivity index (χ3v) is 3.17. The van der Waals surface area contributed by atoms with E-state index in [1.165, 1.54) is 16.7 Å². The smallest absolute Gasteiger partial charge is 0.126 e. The number of rotatable bonds is 5. The monoisotopic (exact) mass is 270 g/mol. The van der Waals surface area contributed by atoms with Gasteiger partial charge in [0.25, 0.3) is 0 Å². The van der Waals surface area contributed by atoms with Crippen LogP contribution in [0.4, 0.5) is 5.82 Å². The quantitative estimate of drug-likeness (QED) is 0.891. The fraction of sp³-hybridized carbons (Fsp3) is 0.353. The molecule has 0 saturated heterocycles. The Balaban J connectivity index is 2.11. The van der Waals surface area contributed by atoms with E-state index in [1.807, 2.05) is 18.3 Å². The van der Waals surface area contributed by atoms with Crippen LogP contribution in [0.1, 0.15) is 29.2 Å². The molecule has 0 fully saturated rings. The third-order valence-electron chi connectivity index (χ3n) is 3.17. The average molecular weight is 270 g/mol. The van der Waals surface area contributed by atoms with E-state index in [0.29, 0.717) is 6.61 Å². The van der Waals surface area contributed by atoms with Crippen LogP contribution in [-0.4, -0.2) is 11.5 Å². The van der Waals surface area contributed by atoms with Gasteiger partial charge in [0, 0.05) is 12.7 Å². The van der Waals surface area contributed by atoms with Crippen molar-refractivity contribution in [1.29, 1.82) is 0 Å². The lowest BCUT2D eigenvalue weighted by Gasteiger charge is -2.13. The van der Waals surface area contributed by atoms with E-state index in [1.54, 1.807) is 0 Å². The summed E-state index contributed by atoms with van der Waals surface area (Å²) >= 11 is 0. The van der Waals surface area contributed by atoms with Crippen LogP contribution in [0, 0.1) is 20.8 Å². The Morgan fingerprint density at radius 1 is 1.10 bits per heavy atom. The minimum absolute atomic E-state index is 0.561. The molecule has 1 N–H and O–H groups in total. The Hall–Kier alpha value is -2.03. The van der Waals surface area contributed by atoms with E-state index < -0.39 is 0 Å². The number of nitrogens with zero attached hydrogens (tertiary/aromatic N) is 1. The zero-order chi connectivity index (χ0) is 14.5. The summed E-state index contributed by atoms with van der Waals surface area (Å²) in [4.78, 5) is 4.26. The lowest BCUT2D eigenvalue weighted by molar-refractivity contribution is 0.302. The molecule has 3 nitrogen and oxygen atoms in total. The van der Waals surface area contributed by atoms with Gasteiger partial charge in [0.05, 0.1) is 0 Å². The first-order valence-corrected chi connectivity index (χ1v) is 6.99. The lowest BCUT2D eigenvalue weighted by atomic mass is 10.1. The fourth-order valence-corrected chi connectivity index (χ4v) is 2.39. The Morgan fingerprint density at radius 2 is 1.80 bits per heavy atom. The minimum atomic E-state index is 0.561. The molecule has 0 aliphatic heterocycles. The van der Waals surface area contributed by atoms with E-state index in [9.17, 15) is 0 Å². The Bertz CT molecular complexity index is 570. The van der Waals surface area contributed by atoms with Gasteiger partial charge in [0.1, 0.15) is 18.2 Å². The summed E-state index contributed by atoms with van der Waals surface area (Å²) in [6, 6.07) is 8.32. The third kappa shape index (κ3) is 3.50. The van der Waals surface area contributed by atoms with Gasteiger partial charge in [-0.1, -0.05) is 17.7 Å². The van der Waals surface area contributed by atoms with Gasteiger partial charge < -0.3 is 10.1 Å². The van der Waals surface area contributed by atoms with Crippen molar-refractivity contribution in [3.63, 3.8) is 0 Å². The molecule has 3 heteroatoms. The predicted molar refractivity (Wildman–Crippen MR) is 83.4 cm³/mol. The average Bonchev–Trinajstić information content (AvgIpc) is 2.38. The fourth-order valence-electron chi connectivity index (χ4n) is 2.39. The number of aryl methyl sites for hydroxylation is 3. The highest BCUT2D eigenvalue weighted by atomic mass is 16.5. The molecular formula is C17H22N2O. The molecule has 0 radical (unpaired) electrons. The molecule has 0 amide bonds. The molecule has 1 aromatic heterocycles. The molecular weight excluding hydrogens is 248 g/mol. The SMILES string of the molecule is CCNc1cc(COc2c(C)cc(C)cc2C)ccn1. The molecule has 106 valence electrons. The summed E-state index contributed by atoms with van der Waals surface area (Å²) in [5, 5.41) is 3.21. The summed E-state index contributed by atoms with van der Waals surface area (Å²) < 4.78 is 5.99. The van der Waals surface area contributed by atoms with E-state index in [0.717, 1.165) is 23.7 Å². The molecule has 1 aromatic carbocycles. The number of pyridine rings is 1. The summed E-state index contributed by atoms with van der Waals surface area (Å²) in [6.45, 7) is 9.77. The first kappa shape index (κ1) is 14.4. The van der Waals surface area contributed by atoms with Crippen LogP contribution in [0.2, 0.25) is 0 Å². The minimum Gasteiger partial charge on any atom is -0.488 e. The highest BCUT2D eigenvalue weighted by Crippen LogP contribution is 2.25. The molecule has 2 rings (SSSR count). The van der Waals surface area contributed by atoms with Crippen LogP contribution in [0.5, 0.6) is 5.75 Å². The molecule has 1 heterocycles. The highest BCUT2D eigenvalue weighted by molar-refractivity contribution is 5.43. The van der Waals surface area contributed by atoms with Gasteiger partial charge in [-0.15, -0.1) is 0 Å². The second kappa shape index (κ2) is 6.42. The zero-order valence-corrected chi connectivity index (χ0v) is 12.7. The normalized spacial score (nSPS) is 10.4. The Kier molecular flexibility index (Phi) is 4.61. The summed E-state index contributed by atoms with van der Waals surface area (Å²) in [6.07, 6.45) is 1.81. The van der Waals surface area contributed by atoms with Crippen molar-refractivity contribution in [1.82, 2.24) is 4.98 Å². The second-order valence-corrected chi connectivity index (χ2v) is 5.10. The van der Waals surface area contributed by atoms with Crippen LogP contribution in [0.3, 0.4) is 0 Å². The van der Waals surface area contributed by atoms with Gasteiger partial charge in [0.15, 0.2) is 0 Å². The maximum Gasteiger partial charge on any atom is 0.126 e. The maximum absolute atomic E-state index is 5.99. The van der Waals surface area contributed by atoms with E-state index in [4.69, 9.17) is 4.74 Å². The van der Waals surface area contributed by atoms with E-state index >= 15 is 0 Å². The number of hydrogen-bond acceptors (Lipinski definition) is 3. The van der Waals surface area contributed by atoms with Crippen LogP contribution in [0.15, 0.2) is 30.5 Å².